The van der Waals surface area contributed by atoms with Gasteiger partial charge in [-0.05, 0) is 54.3 Å². The van der Waals surface area contributed by atoms with Crippen LogP contribution < -0.4 is 15.1 Å². The van der Waals surface area contributed by atoms with Crippen LogP contribution in [0.25, 0.3) is 0 Å². The van der Waals surface area contributed by atoms with Gasteiger partial charge in [0.1, 0.15) is 6.04 Å². The molecule has 7 heteroatoms. The monoisotopic (exact) mass is 420 g/mol. The summed E-state index contributed by atoms with van der Waals surface area (Å²) in [6, 6.07) is 13.2. The number of imide groups is 1. The number of hydrogen-bond acceptors (Lipinski definition) is 4. The normalized spacial score (nSPS) is 20.7. The Morgan fingerprint density at radius 2 is 1.68 bits per heavy atom. The summed E-state index contributed by atoms with van der Waals surface area (Å²) in [6.07, 6.45) is 0.559. The molecule has 0 radical (unpaired) electrons. The lowest BCUT2D eigenvalue weighted by Crippen LogP contribution is -2.65. The fourth-order valence-electron chi connectivity index (χ4n) is 4.25. The van der Waals surface area contributed by atoms with Crippen LogP contribution >= 0.6 is 0 Å². The van der Waals surface area contributed by atoms with E-state index in [1.165, 1.54) is 0 Å². The van der Waals surface area contributed by atoms with Crippen LogP contribution in [0.4, 0.5) is 16.2 Å². The number of carbonyl (C=O) groups is 3. The highest BCUT2D eigenvalue weighted by Crippen LogP contribution is 2.30. The minimum Gasteiger partial charge on any atom is -0.378 e. The van der Waals surface area contributed by atoms with Crippen LogP contribution in [-0.2, 0) is 4.79 Å². The van der Waals surface area contributed by atoms with E-state index >= 15 is 0 Å². The van der Waals surface area contributed by atoms with Crippen molar-refractivity contribution >= 4 is 29.2 Å². The first kappa shape index (κ1) is 20.9. The van der Waals surface area contributed by atoms with E-state index in [1.54, 1.807) is 29.2 Å². The van der Waals surface area contributed by atoms with E-state index in [4.69, 9.17) is 0 Å². The minimum absolute atomic E-state index is 0.197. The molecule has 0 bridgehead atoms. The van der Waals surface area contributed by atoms with E-state index in [2.05, 4.69) is 19.2 Å². The Kier molecular flexibility index (Phi) is 5.43. The van der Waals surface area contributed by atoms with Crippen LogP contribution in [0.1, 0.15) is 42.1 Å². The number of urea groups is 1. The van der Waals surface area contributed by atoms with Crippen LogP contribution in [0.3, 0.4) is 0 Å². The van der Waals surface area contributed by atoms with Gasteiger partial charge in [0, 0.05) is 31.9 Å². The van der Waals surface area contributed by atoms with Gasteiger partial charge in [0.15, 0.2) is 0 Å². The van der Waals surface area contributed by atoms with Crippen LogP contribution in [0.5, 0.6) is 0 Å². The molecule has 2 saturated heterocycles. The summed E-state index contributed by atoms with van der Waals surface area (Å²) in [5, 5.41) is 2.92. The lowest BCUT2D eigenvalue weighted by atomic mass is 10.0. The Balaban J connectivity index is 1.59. The second-order valence-corrected chi connectivity index (χ2v) is 8.65. The number of nitrogens with zero attached hydrogens (tertiary/aromatic N) is 3. The number of hydrogen-bond donors (Lipinski definition) is 1. The summed E-state index contributed by atoms with van der Waals surface area (Å²) in [7, 11) is 3.88. The third-order valence-corrected chi connectivity index (χ3v) is 6.09. The number of carbonyl (C=O) groups excluding carboxylic acids is 3. The van der Waals surface area contributed by atoms with Crippen LogP contribution in [0.15, 0.2) is 48.5 Å². The highest BCUT2D eigenvalue weighted by Gasteiger charge is 2.50. The summed E-state index contributed by atoms with van der Waals surface area (Å²) in [4.78, 5) is 44.0. The second kappa shape index (κ2) is 8.06. The molecule has 162 valence electrons. The first-order chi connectivity index (χ1) is 14.8. The van der Waals surface area contributed by atoms with Gasteiger partial charge < -0.3 is 15.1 Å². The predicted molar refractivity (Wildman–Crippen MR) is 121 cm³/mol. The van der Waals surface area contributed by atoms with E-state index in [0.717, 1.165) is 16.2 Å². The van der Waals surface area contributed by atoms with Crippen molar-refractivity contribution in [2.24, 2.45) is 0 Å². The molecule has 2 fully saturated rings. The molecular weight excluding hydrogens is 392 g/mol. The standard InChI is InChI=1S/C24H28N4O3/c1-15(2)16-5-11-19(12-6-16)28-23(30)21-20(25-24(28)31)13-14-27(21)22(29)17-7-9-18(10-8-17)26(3)4/h5-12,15,20-21H,13-14H2,1-4H3,(H,25,31). The zero-order chi connectivity index (χ0) is 22.3. The average molecular weight is 421 g/mol. The smallest absolute Gasteiger partial charge is 0.329 e. The molecule has 7 nitrogen and oxygen atoms in total. The van der Waals surface area contributed by atoms with Crippen molar-refractivity contribution in [1.82, 2.24) is 10.2 Å². The summed E-state index contributed by atoms with van der Waals surface area (Å²) < 4.78 is 0. The lowest BCUT2D eigenvalue weighted by Gasteiger charge is -2.37. The molecule has 2 aliphatic rings. The zero-order valence-electron chi connectivity index (χ0n) is 18.3. The number of fused-ring (bicyclic) bond motifs is 1. The summed E-state index contributed by atoms with van der Waals surface area (Å²) >= 11 is 0. The van der Waals surface area contributed by atoms with Gasteiger partial charge >= 0.3 is 6.03 Å². The first-order valence-electron chi connectivity index (χ1n) is 10.6. The van der Waals surface area contributed by atoms with E-state index in [0.29, 0.717) is 30.1 Å². The molecule has 4 rings (SSSR count). The van der Waals surface area contributed by atoms with Crippen molar-refractivity contribution in [3.63, 3.8) is 0 Å². The molecule has 2 aliphatic heterocycles. The van der Waals surface area contributed by atoms with Gasteiger partial charge in [-0.3, -0.25) is 9.59 Å². The van der Waals surface area contributed by atoms with Gasteiger partial charge in [-0.15, -0.1) is 0 Å². The third-order valence-electron chi connectivity index (χ3n) is 6.09. The SMILES string of the molecule is CC(C)c1ccc(N2C(=O)NC3CCN(C(=O)c4ccc(N(C)C)cc4)C3C2=O)cc1. The van der Waals surface area contributed by atoms with E-state index in [1.807, 2.05) is 43.3 Å². The molecule has 0 aromatic heterocycles. The molecule has 0 aliphatic carbocycles. The zero-order valence-corrected chi connectivity index (χ0v) is 18.3. The van der Waals surface area contributed by atoms with E-state index < -0.39 is 12.1 Å². The van der Waals surface area contributed by atoms with Crippen molar-refractivity contribution in [3.8, 4) is 0 Å². The highest BCUT2D eigenvalue weighted by atomic mass is 16.2. The topological polar surface area (TPSA) is 73.0 Å². The number of nitrogens with one attached hydrogen (secondary N) is 1. The van der Waals surface area contributed by atoms with Crippen molar-refractivity contribution in [2.45, 2.75) is 38.3 Å². The fourth-order valence-corrected chi connectivity index (χ4v) is 4.25. The Morgan fingerprint density at radius 3 is 2.26 bits per heavy atom. The van der Waals surface area contributed by atoms with Crippen LogP contribution in [-0.4, -0.2) is 55.5 Å². The number of rotatable bonds is 4. The predicted octanol–water partition coefficient (Wildman–Crippen LogP) is 3.22. The van der Waals surface area contributed by atoms with Crippen molar-refractivity contribution in [1.29, 1.82) is 0 Å². The molecule has 31 heavy (non-hydrogen) atoms. The molecule has 2 atom stereocenters. The maximum atomic E-state index is 13.4. The van der Waals surface area contributed by atoms with E-state index in [-0.39, 0.29) is 17.9 Å². The molecule has 4 amide bonds. The molecule has 2 unspecified atom stereocenters. The third kappa shape index (κ3) is 3.76. The molecule has 2 aromatic rings. The van der Waals surface area contributed by atoms with Gasteiger partial charge in [0.05, 0.1) is 11.7 Å². The minimum atomic E-state index is -0.705. The Bertz CT molecular complexity index is 998. The van der Waals surface area contributed by atoms with Gasteiger partial charge in [0.2, 0.25) is 0 Å². The highest BCUT2D eigenvalue weighted by molar-refractivity contribution is 6.19. The number of benzene rings is 2. The fraction of sp³-hybridized carbons (Fsp3) is 0.375. The largest absolute Gasteiger partial charge is 0.378 e. The summed E-state index contributed by atoms with van der Waals surface area (Å²) in [6.45, 7) is 4.60. The second-order valence-electron chi connectivity index (χ2n) is 8.65. The van der Waals surface area contributed by atoms with Crippen molar-refractivity contribution in [3.05, 3.63) is 59.7 Å². The molecule has 0 saturated carbocycles. The molecule has 1 N–H and O–H groups in total. The Morgan fingerprint density at radius 1 is 1.03 bits per heavy atom. The first-order valence-corrected chi connectivity index (χ1v) is 10.6. The molecule has 2 heterocycles. The lowest BCUT2D eigenvalue weighted by molar-refractivity contribution is -0.122. The summed E-state index contributed by atoms with van der Waals surface area (Å²) in [5.41, 5.74) is 3.17. The average Bonchev–Trinajstić information content (AvgIpc) is 3.17. The van der Waals surface area contributed by atoms with Crippen molar-refractivity contribution < 1.29 is 14.4 Å². The molecule has 0 spiro atoms. The van der Waals surface area contributed by atoms with Crippen LogP contribution in [0, 0.1) is 0 Å². The van der Waals surface area contributed by atoms with Gasteiger partial charge in [-0.2, -0.15) is 0 Å². The van der Waals surface area contributed by atoms with Gasteiger partial charge in [-0.25, -0.2) is 9.69 Å². The number of anilines is 2. The Hall–Kier alpha value is -3.35. The number of amides is 4. The van der Waals surface area contributed by atoms with Crippen molar-refractivity contribution in [2.75, 3.05) is 30.4 Å². The molecule has 2 aromatic carbocycles. The van der Waals surface area contributed by atoms with Crippen LogP contribution in [0.2, 0.25) is 0 Å². The Labute approximate surface area is 182 Å². The summed E-state index contributed by atoms with van der Waals surface area (Å²) in [5.74, 6) is -0.203. The maximum Gasteiger partial charge on any atom is 0.329 e. The maximum absolute atomic E-state index is 13.4. The van der Waals surface area contributed by atoms with Gasteiger partial charge in [-0.1, -0.05) is 26.0 Å². The number of likely N-dealkylation sites (tertiary alicyclic amines) is 1. The van der Waals surface area contributed by atoms with Gasteiger partial charge in [0.25, 0.3) is 11.8 Å². The van der Waals surface area contributed by atoms with E-state index in [9.17, 15) is 14.4 Å². The quantitative estimate of drug-likeness (QED) is 0.824. The molecular formula is C24H28N4O3.